The van der Waals surface area contributed by atoms with Crippen molar-refractivity contribution in [1.29, 1.82) is 0 Å². The molecule has 1 saturated heterocycles. The van der Waals surface area contributed by atoms with E-state index in [0.29, 0.717) is 11.8 Å². The van der Waals surface area contributed by atoms with Gasteiger partial charge in [-0.2, -0.15) is 0 Å². The SMILES string of the molecule is C=CC(C)c1cc(C2CCNCC2)[nH]c1NC.CC.CC. The molecule has 21 heavy (non-hydrogen) atoms. The molecule has 0 aliphatic carbocycles. The van der Waals surface area contributed by atoms with Crippen LogP contribution >= 0.6 is 0 Å². The Balaban J connectivity index is 0.000000921. The van der Waals surface area contributed by atoms with E-state index < -0.39 is 0 Å². The summed E-state index contributed by atoms with van der Waals surface area (Å²) in [5.74, 6) is 2.21. The van der Waals surface area contributed by atoms with Crippen LogP contribution in [-0.2, 0) is 0 Å². The molecule has 3 heteroatoms. The van der Waals surface area contributed by atoms with Crippen LogP contribution in [0.4, 0.5) is 5.82 Å². The van der Waals surface area contributed by atoms with Crippen molar-refractivity contribution < 1.29 is 0 Å². The minimum absolute atomic E-state index is 0.393. The molecule has 1 atom stereocenters. The molecule has 3 N–H and O–H groups in total. The van der Waals surface area contributed by atoms with Crippen LogP contribution in [0.15, 0.2) is 18.7 Å². The van der Waals surface area contributed by atoms with Crippen molar-refractivity contribution in [3.8, 4) is 0 Å². The maximum absolute atomic E-state index is 3.88. The first kappa shape index (κ1) is 19.8. The van der Waals surface area contributed by atoms with Gasteiger partial charge in [-0.15, -0.1) is 6.58 Å². The number of aromatic nitrogens is 1. The summed E-state index contributed by atoms with van der Waals surface area (Å²) in [6.45, 7) is 16.3. The van der Waals surface area contributed by atoms with Crippen LogP contribution < -0.4 is 10.6 Å². The molecule has 1 aromatic rings. The van der Waals surface area contributed by atoms with E-state index in [9.17, 15) is 0 Å². The summed E-state index contributed by atoms with van der Waals surface area (Å²) in [5.41, 5.74) is 2.70. The largest absolute Gasteiger partial charge is 0.374 e. The Kier molecular flexibility index (Phi) is 10.8. The molecular weight excluding hydrogens is 258 g/mol. The van der Waals surface area contributed by atoms with Gasteiger partial charge in [0.25, 0.3) is 0 Å². The van der Waals surface area contributed by atoms with Crippen molar-refractivity contribution in [3.05, 3.63) is 30.0 Å². The predicted octanol–water partition coefficient (Wildman–Crippen LogP) is 4.87. The average molecular weight is 293 g/mol. The van der Waals surface area contributed by atoms with E-state index >= 15 is 0 Å². The molecule has 1 aromatic heterocycles. The monoisotopic (exact) mass is 293 g/mol. The normalized spacial score (nSPS) is 15.9. The molecule has 2 rings (SSSR count). The summed E-state index contributed by atoms with van der Waals surface area (Å²) in [7, 11) is 1.97. The molecule has 1 unspecified atom stereocenters. The Bertz CT molecular complexity index is 376. The first-order chi connectivity index (χ1) is 10.3. The minimum Gasteiger partial charge on any atom is -0.374 e. The number of piperidine rings is 1. The summed E-state index contributed by atoms with van der Waals surface area (Å²) in [6, 6.07) is 2.31. The lowest BCUT2D eigenvalue weighted by atomic mass is 9.93. The van der Waals surface area contributed by atoms with E-state index in [-0.39, 0.29) is 0 Å². The third-order valence-corrected chi connectivity index (χ3v) is 3.74. The number of anilines is 1. The minimum atomic E-state index is 0.393. The van der Waals surface area contributed by atoms with Gasteiger partial charge in [-0.05, 0) is 32.0 Å². The quantitative estimate of drug-likeness (QED) is 0.693. The highest BCUT2D eigenvalue weighted by molar-refractivity contribution is 5.50. The fraction of sp³-hybridized carbons (Fsp3) is 0.667. The van der Waals surface area contributed by atoms with Crippen LogP contribution in [0, 0.1) is 0 Å². The summed E-state index contributed by atoms with van der Waals surface area (Å²) >= 11 is 0. The van der Waals surface area contributed by atoms with Gasteiger partial charge in [-0.3, -0.25) is 0 Å². The molecule has 1 aliphatic heterocycles. The van der Waals surface area contributed by atoms with Gasteiger partial charge in [0, 0.05) is 30.1 Å². The fourth-order valence-electron chi connectivity index (χ4n) is 2.54. The van der Waals surface area contributed by atoms with Crippen molar-refractivity contribution in [1.82, 2.24) is 10.3 Å². The summed E-state index contributed by atoms with van der Waals surface area (Å²) in [6.07, 6.45) is 4.45. The lowest BCUT2D eigenvalue weighted by Gasteiger charge is -2.21. The molecule has 0 saturated carbocycles. The van der Waals surface area contributed by atoms with Crippen molar-refractivity contribution in [2.75, 3.05) is 25.5 Å². The smallest absolute Gasteiger partial charge is 0.107 e. The zero-order valence-electron chi connectivity index (χ0n) is 14.8. The van der Waals surface area contributed by atoms with E-state index in [4.69, 9.17) is 0 Å². The first-order valence-corrected chi connectivity index (χ1v) is 8.50. The van der Waals surface area contributed by atoms with Crippen molar-refractivity contribution in [3.63, 3.8) is 0 Å². The van der Waals surface area contributed by atoms with Gasteiger partial charge in [-0.1, -0.05) is 40.7 Å². The number of aromatic amines is 1. The summed E-state index contributed by atoms with van der Waals surface area (Å²) < 4.78 is 0. The highest BCUT2D eigenvalue weighted by Gasteiger charge is 2.19. The lowest BCUT2D eigenvalue weighted by molar-refractivity contribution is 0.454. The van der Waals surface area contributed by atoms with Crippen molar-refractivity contribution >= 4 is 5.82 Å². The van der Waals surface area contributed by atoms with E-state index in [1.54, 1.807) is 0 Å². The Labute approximate surface area is 131 Å². The summed E-state index contributed by atoms with van der Waals surface area (Å²) in [4.78, 5) is 3.53. The Morgan fingerprint density at radius 3 is 2.29 bits per heavy atom. The van der Waals surface area contributed by atoms with Gasteiger partial charge in [0.1, 0.15) is 5.82 Å². The van der Waals surface area contributed by atoms with Crippen LogP contribution in [0.25, 0.3) is 0 Å². The standard InChI is InChI=1S/C14H23N3.2C2H6/c1-4-10(2)12-9-13(17-14(12)15-3)11-5-7-16-8-6-11;2*1-2/h4,9-11,15-17H,1,5-8H2,2-3H3;2*1-2H3. The van der Waals surface area contributed by atoms with E-state index in [1.165, 1.54) is 24.1 Å². The second kappa shape index (κ2) is 11.4. The molecule has 0 amide bonds. The maximum Gasteiger partial charge on any atom is 0.107 e. The maximum atomic E-state index is 3.88. The Morgan fingerprint density at radius 2 is 1.81 bits per heavy atom. The second-order valence-corrected chi connectivity index (χ2v) is 4.85. The van der Waals surface area contributed by atoms with Gasteiger partial charge >= 0.3 is 0 Å². The Hall–Kier alpha value is -1.22. The number of H-pyrrole nitrogens is 1. The number of nitrogens with one attached hydrogen (secondary N) is 3. The second-order valence-electron chi connectivity index (χ2n) is 4.85. The molecular formula is C18H35N3. The number of allylic oxidation sites excluding steroid dienone is 1. The van der Waals surface area contributed by atoms with Gasteiger partial charge in [0.15, 0.2) is 0 Å². The fourth-order valence-corrected chi connectivity index (χ4v) is 2.54. The first-order valence-electron chi connectivity index (χ1n) is 8.50. The molecule has 1 fully saturated rings. The molecule has 1 aliphatic rings. The van der Waals surface area contributed by atoms with E-state index in [2.05, 4.69) is 35.2 Å². The van der Waals surface area contributed by atoms with Crippen LogP contribution in [-0.4, -0.2) is 25.1 Å². The van der Waals surface area contributed by atoms with Crippen LogP contribution in [0.5, 0.6) is 0 Å². The van der Waals surface area contributed by atoms with Crippen molar-refractivity contribution in [2.24, 2.45) is 0 Å². The van der Waals surface area contributed by atoms with Crippen LogP contribution in [0.3, 0.4) is 0 Å². The van der Waals surface area contributed by atoms with Crippen LogP contribution in [0.1, 0.15) is 70.6 Å². The van der Waals surface area contributed by atoms with Gasteiger partial charge < -0.3 is 15.6 Å². The summed E-state index contributed by atoms with van der Waals surface area (Å²) in [5, 5.41) is 6.66. The van der Waals surface area contributed by atoms with E-state index in [0.717, 1.165) is 18.9 Å². The molecule has 0 radical (unpaired) electrons. The number of hydrogen-bond acceptors (Lipinski definition) is 2. The lowest BCUT2D eigenvalue weighted by Crippen LogP contribution is -2.26. The third kappa shape index (κ3) is 5.58. The number of hydrogen-bond donors (Lipinski definition) is 3. The molecule has 3 nitrogen and oxygen atoms in total. The van der Waals surface area contributed by atoms with Crippen LogP contribution in [0.2, 0.25) is 0 Å². The third-order valence-electron chi connectivity index (χ3n) is 3.74. The van der Waals surface area contributed by atoms with Crippen molar-refractivity contribution in [2.45, 2.75) is 59.3 Å². The molecule has 0 spiro atoms. The molecule has 2 heterocycles. The van der Waals surface area contributed by atoms with Gasteiger partial charge in [0.05, 0.1) is 0 Å². The molecule has 0 bridgehead atoms. The highest BCUT2D eigenvalue weighted by atomic mass is 15.0. The predicted molar refractivity (Wildman–Crippen MR) is 96.5 cm³/mol. The molecule has 122 valence electrons. The van der Waals surface area contributed by atoms with Gasteiger partial charge in [0.2, 0.25) is 0 Å². The molecule has 0 aromatic carbocycles. The Morgan fingerprint density at radius 1 is 1.24 bits per heavy atom. The zero-order valence-corrected chi connectivity index (χ0v) is 14.8. The van der Waals surface area contributed by atoms with E-state index in [1.807, 2.05) is 40.8 Å². The average Bonchev–Trinajstić information content (AvgIpc) is 3.03. The van der Waals surface area contributed by atoms with Gasteiger partial charge in [-0.25, -0.2) is 0 Å². The number of rotatable bonds is 4. The zero-order chi connectivity index (χ0) is 16.3. The topological polar surface area (TPSA) is 39.9 Å². The highest BCUT2D eigenvalue weighted by Crippen LogP contribution is 2.32.